The summed E-state index contributed by atoms with van der Waals surface area (Å²) in [7, 11) is 0. The Morgan fingerprint density at radius 3 is 1.82 bits per heavy atom. The second-order valence-corrected chi connectivity index (χ2v) is 5.96. The zero-order valence-corrected chi connectivity index (χ0v) is 11.2. The SMILES string of the molecule is C/C(=C/C(=O)C1CCCCC1)C1CCCCC1. The lowest BCUT2D eigenvalue weighted by Crippen LogP contribution is -2.17. The third kappa shape index (κ3) is 3.69. The van der Waals surface area contributed by atoms with Gasteiger partial charge >= 0.3 is 0 Å². The van der Waals surface area contributed by atoms with Gasteiger partial charge in [0.2, 0.25) is 0 Å². The quantitative estimate of drug-likeness (QED) is 0.649. The molecule has 17 heavy (non-hydrogen) atoms. The molecule has 0 N–H and O–H groups in total. The first-order valence-corrected chi connectivity index (χ1v) is 7.49. The Kier molecular flexibility index (Phi) is 4.82. The van der Waals surface area contributed by atoms with Crippen LogP contribution in [0.4, 0.5) is 0 Å². The summed E-state index contributed by atoms with van der Waals surface area (Å²) in [5.74, 6) is 1.48. The summed E-state index contributed by atoms with van der Waals surface area (Å²) in [6, 6.07) is 0. The first kappa shape index (κ1) is 12.9. The van der Waals surface area contributed by atoms with Crippen molar-refractivity contribution in [3.8, 4) is 0 Å². The molecule has 0 radical (unpaired) electrons. The maximum atomic E-state index is 12.2. The van der Waals surface area contributed by atoms with Crippen molar-refractivity contribution >= 4 is 5.78 Å². The van der Waals surface area contributed by atoms with Gasteiger partial charge in [0.1, 0.15) is 0 Å². The Bertz CT molecular complexity index is 278. The maximum absolute atomic E-state index is 12.2. The Morgan fingerprint density at radius 1 is 0.824 bits per heavy atom. The fourth-order valence-corrected chi connectivity index (χ4v) is 3.41. The van der Waals surface area contributed by atoms with E-state index in [9.17, 15) is 4.79 Å². The molecule has 0 heterocycles. The van der Waals surface area contributed by atoms with Crippen molar-refractivity contribution in [3.63, 3.8) is 0 Å². The van der Waals surface area contributed by atoms with Gasteiger partial charge in [-0.25, -0.2) is 0 Å². The Morgan fingerprint density at radius 2 is 1.29 bits per heavy atom. The van der Waals surface area contributed by atoms with Crippen LogP contribution in [0.25, 0.3) is 0 Å². The van der Waals surface area contributed by atoms with Gasteiger partial charge in [0.05, 0.1) is 0 Å². The minimum Gasteiger partial charge on any atom is -0.295 e. The van der Waals surface area contributed by atoms with Gasteiger partial charge in [-0.05, 0) is 44.6 Å². The third-order valence-electron chi connectivity index (χ3n) is 4.63. The van der Waals surface area contributed by atoms with Crippen LogP contribution in [0.5, 0.6) is 0 Å². The molecule has 1 nitrogen and oxygen atoms in total. The summed E-state index contributed by atoms with van der Waals surface area (Å²) >= 11 is 0. The van der Waals surface area contributed by atoms with Gasteiger partial charge < -0.3 is 0 Å². The predicted molar refractivity (Wildman–Crippen MR) is 71.9 cm³/mol. The molecule has 1 heteroatoms. The monoisotopic (exact) mass is 234 g/mol. The van der Waals surface area contributed by atoms with E-state index >= 15 is 0 Å². The van der Waals surface area contributed by atoms with Crippen LogP contribution in [0.2, 0.25) is 0 Å². The van der Waals surface area contributed by atoms with Gasteiger partial charge in [-0.15, -0.1) is 0 Å². The topological polar surface area (TPSA) is 17.1 Å². The molecule has 0 amide bonds. The molecule has 0 atom stereocenters. The van der Waals surface area contributed by atoms with Gasteiger partial charge in [-0.3, -0.25) is 4.79 Å². The normalized spacial score (nSPS) is 24.9. The van der Waals surface area contributed by atoms with Crippen molar-refractivity contribution in [2.24, 2.45) is 11.8 Å². The lowest BCUT2D eigenvalue weighted by molar-refractivity contribution is -0.119. The van der Waals surface area contributed by atoms with Crippen LogP contribution in [0.3, 0.4) is 0 Å². The predicted octanol–water partition coefficient (Wildman–Crippen LogP) is 4.66. The second-order valence-electron chi connectivity index (χ2n) is 5.96. The van der Waals surface area contributed by atoms with Gasteiger partial charge in [0.25, 0.3) is 0 Å². The highest BCUT2D eigenvalue weighted by Gasteiger charge is 2.21. The molecule has 0 bridgehead atoms. The van der Waals surface area contributed by atoms with Crippen molar-refractivity contribution in [2.45, 2.75) is 71.1 Å². The first-order valence-electron chi connectivity index (χ1n) is 7.49. The minimum atomic E-state index is 0.349. The van der Waals surface area contributed by atoms with Crippen LogP contribution < -0.4 is 0 Å². The van der Waals surface area contributed by atoms with E-state index < -0.39 is 0 Å². The Labute approximate surface area is 106 Å². The van der Waals surface area contributed by atoms with Gasteiger partial charge in [0, 0.05) is 5.92 Å². The van der Waals surface area contributed by atoms with Crippen molar-refractivity contribution in [2.75, 3.05) is 0 Å². The van der Waals surface area contributed by atoms with E-state index in [-0.39, 0.29) is 0 Å². The maximum Gasteiger partial charge on any atom is 0.158 e. The third-order valence-corrected chi connectivity index (χ3v) is 4.63. The molecule has 0 spiro atoms. The molecule has 0 aromatic carbocycles. The molecular formula is C16H26O. The Hall–Kier alpha value is -0.590. The highest BCUT2D eigenvalue weighted by molar-refractivity contribution is 5.92. The molecule has 2 aliphatic carbocycles. The molecule has 0 unspecified atom stereocenters. The zero-order valence-electron chi connectivity index (χ0n) is 11.2. The van der Waals surface area contributed by atoms with E-state index in [4.69, 9.17) is 0 Å². The van der Waals surface area contributed by atoms with Gasteiger partial charge in [0.15, 0.2) is 5.78 Å². The lowest BCUT2D eigenvalue weighted by Gasteiger charge is -2.23. The van der Waals surface area contributed by atoms with Crippen molar-refractivity contribution in [1.82, 2.24) is 0 Å². The molecule has 96 valence electrons. The second kappa shape index (κ2) is 6.37. The summed E-state index contributed by atoms with van der Waals surface area (Å²) in [6.45, 7) is 2.18. The number of hydrogen-bond acceptors (Lipinski definition) is 1. The summed E-state index contributed by atoms with van der Waals surface area (Å²) < 4.78 is 0. The van der Waals surface area contributed by atoms with E-state index in [0.717, 1.165) is 12.8 Å². The molecule has 0 aliphatic heterocycles. The van der Waals surface area contributed by atoms with Gasteiger partial charge in [-0.1, -0.05) is 44.1 Å². The molecular weight excluding hydrogens is 208 g/mol. The summed E-state index contributed by atoms with van der Waals surface area (Å²) in [5.41, 5.74) is 1.36. The van der Waals surface area contributed by atoms with Crippen LogP contribution in [0.15, 0.2) is 11.6 Å². The van der Waals surface area contributed by atoms with Crippen LogP contribution in [0, 0.1) is 11.8 Å². The smallest absolute Gasteiger partial charge is 0.158 e. The fourth-order valence-electron chi connectivity index (χ4n) is 3.41. The van der Waals surface area contributed by atoms with E-state index in [1.165, 1.54) is 56.9 Å². The molecule has 2 rings (SSSR count). The van der Waals surface area contributed by atoms with Crippen LogP contribution in [-0.2, 0) is 4.79 Å². The average molecular weight is 234 g/mol. The highest BCUT2D eigenvalue weighted by atomic mass is 16.1. The minimum absolute atomic E-state index is 0.349. The summed E-state index contributed by atoms with van der Waals surface area (Å²) in [5, 5.41) is 0. The number of carbonyl (C=O) groups is 1. The molecule has 2 saturated carbocycles. The van der Waals surface area contributed by atoms with E-state index in [2.05, 4.69) is 6.92 Å². The molecule has 2 aliphatic rings. The molecule has 0 aromatic heterocycles. The lowest BCUT2D eigenvalue weighted by atomic mass is 9.81. The molecule has 0 saturated heterocycles. The first-order chi connectivity index (χ1) is 8.27. The standard InChI is InChI=1S/C16H26O/c1-13(14-8-4-2-5-9-14)12-16(17)15-10-6-3-7-11-15/h12,14-15H,2-11H2,1H3/b13-12-. The van der Waals surface area contributed by atoms with Crippen LogP contribution in [-0.4, -0.2) is 5.78 Å². The molecule has 0 aromatic rings. The highest BCUT2D eigenvalue weighted by Crippen LogP contribution is 2.31. The Balaban J connectivity index is 1.89. The van der Waals surface area contributed by atoms with Crippen LogP contribution in [0.1, 0.15) is 71.1 Å². The van der Waals surface area contributed by atoms with Crippen molar-refractivity contribution in [3.05, 3.63) is 11.6 Å². The van der Waals surface area contributed by atoms with Crippen molar-refractivity contribution < 1.29 is 4.79 Å². The van der Waals surface area contributed by atoms with E-state index in [0.29, 0.717) is 17.6 Å². The number of allylic oxidation sites excluding steroid dienone is 2. The van der Waals surface area contributed by atoms with E-state index in [1.54, 1.807) is 0 Å². The number of carbonyl (C=O) groups excluding carboxylic acids is 1. The van der Waals surface area contributed by atoms with Crippen LogP contribution >= 0.6 is 0 Å². The number of ketones is 1. The summed E-state index contributed by atoms with van der Waals surface area (Å²) in [6.07, 6.45) is 14.8. The number of rotatable bonds is 3. The fraction of sp³-hybridized carbons (Fsp3) is 0.812. The zero-order chi connectivity index (χ0) is 12.1. The average Bonchev–Trinajstić information content (AvgIpc) is 2.40. The number of hydrogen-bond donors (Lipinski definition) is 0. The molecule has 2 fully saturated rings. The van der Waals surface area contributed by atoms with E-state index in [1.807, 2.05) is 6.08 Å². The van der Waals surface area contributed by atoms with Crippen molar-refractivity contribution in [1.29, 1.82) is 0 Å². The summed E-state index contributed by atoms with van der Waals surface area (Å²) in [4.78, 5) is 12.2. The largest absolute Gasteiger partial charge is 0.295 e. The van der Waals surface area contributed by atoms with Gasteiger partial charge in [-0.2, -0.15) is 0 Å².